The lowest BCUT2D eigenvalue weighted by Gasteiger charge is -2.54. The first-order chi connectivity index (χ1) is 7.85. The zero-order valence-electron chi connectivity index (χ0n) is 9.71. The molecule has 0 aromatic heterocycles. The van der Waals surface area contributed by atoms with Gasteiger partial charge in [-0.2, -0.15) is 0 Å². The van der Waals surface area contributed by atoms with E-state index in [1.54, 1.807) is 11.1 Å². The molecule has 1 spiro atoms. The van der Waals surface area contributed by atoms with Crippen LogP contribution < -0.4 is 5.32 Å². The van der Waals surface area contributed by atoms with Crippen LogP contribution in [0, 0.1) is 5.41 Å². The van der Waals surface area contributed by atoms with Crippen LogP contribution in [0.3, 0.4) is 0 Å². The lowest BCUT2D eigenvalue weighted by molar-refractivity contribution is 0.0363. The highest BCUT2D eigenvalue weighted by molar-refractivity contribution is 5.33. The molecule has 1 aromatic rings. The summed E-state index contributed by atoms with van der Waals surface area (Å²) in [6, 6.07) is 9.42. The minimum atomic E-state index is 0.709. The zero-order chi connectivity index (χ0) is 10.6. The summed E-state index contributed by atoms with van der Waals surface area (Å²) in [7, 11) is 0. The lowest BCUT2D eigenvalue weighted by Crippen LogP contribution is -2.59. The third-order valence-electron chi connectivity index (χ3n) is 4.79. The second-order valence-corrected chi connectivity index (χ2v) is 6.15. The van der Waals surface area contributed by atoms with Crippen LogP contribution in [0.15, 0.2) is 24.3 Å². The highest BCUT2D eigenvalue weighted by Crippen LogP contribution is 2.53. The smallest absolute Gasteiger partial charge is 0.00207 e. The third-order valence-corrected chi connectivity index (χ3v) is 4.79. The Balaban J connectivity index is 1.52. The van der Waals surface area contributed by atoms with E-state index in [2.05, 4.69) is 29.6 Å². The zero-order valence-corrected chi connectivity index (χ0v) is 9.71. The fourth-order valence-corrected chi connectivity index (χ4v) is 3.47. The maximum absolute atomic E-state index is 3.42. The Kier molecular flexibility index (Phi) is 1.79. The molecule has 1 N–H and O–H groups in total. The number of rotatable bonds is 2. The second kappa shape index (κ2) is 3.10. The minimum absolute atomic E-state index is 0.709. The SMILES string of the molecule is c1cc(C2CC2)cc(C2CC3(CNC3)C2)c1. The standard InChI is InChI=1S/C15H19N/c1-2-12(11-4-5-11)6-13(3-1)14-7-15(8-14)9-16-10-15/h1-3,6,11,14,16H,4-5,7-10H2. The van der Waals surface area contributed by atoms with Crippen molar-refractivity contribution in [3.8, 4) is 0 Å². The number of hydrogen-bond acceptors (Lipinski definition) is 1. The van der Waals surface area contributed by atoms with E-state index in [0.29, 0.717) is 5.41 Å². The molecule has 0 unspecified atom stereocenters. The van der Waals surface area contributed by atoms with Crippen LogP contribution in [0.1, 0.15) is 48.6 Å². The molecule has 0 amide bonds. The van der Waals surface area contributed by atoms with Crippen LogP contribution in [0.2, 0.25) is 0 Å². The van der Waals surface area contributed by atoms with Crippen molar-refractivity contribution in [1.29, 1.82) is 0 Å². The van der Waals surface area contributed by atoms with Crippen LogP contribution >= 0.6 is 0 Å². The number of nitrogens with one attached hydrogen (secondary N) is 1. The molecule has 16 heavy (non-hydrogen) atoms. The van der Waals surface area contributed by atoms with Gasteiger partial charge in [-0.25, -0.2) is 0 Å². The Hall–Kier alpha value is -0.820. The fraction of sp³-hybridized carbons (Fsp3) is 0.600. The first kappa shape index (κ1) is 9.23. The maximum atomic E-state index is 3.42. The molecule has 1 nitrogen and oxygen atoms in total. The Bertz CT molecular complexity index is 407. The van der Waals surface area contributed by atoms with Crippen molar-refractivity contribution in [3.63, 3.8) is 0 Å². The van der Waals surface area contributed by atoms with Crippen LogP contribution in [0.5, 0.6) is 0 Å². The second-order valence-electron chi connectivity index (χ2n) is 6.15. The number of hydrogen-bond donors (Lipinski definition) is 1. The van der Waals surface area contributed by atoms with Crippen LogP contribution in [-0.2, 0) is 0 Å². The van der Waals surface area contributed by atoms with Gasteiger partial charge in [0.15, 0.2) is 0 Å². The molecule has 4 rings (SSSR count). The van der Waals surface area contributed by atoms with E-state index >= 15 is 0 Å². The summed E-state index contributed by atoms with van der Waals surface area (Å²) in [6.45, 7) is 2.54. The molecule has 0 bridgehead atoms. The molecule has 3 aliphatic rings. The Morgan fingerprint density at radius 3 is 2.25 bits per heavy atom. The van der Waals surface area contributed by atoms with Gasteiger partial charge in [-0.15, -0.1) is 0 Å². The van der Waals surface area contributed by atoms with Crippen molar-refractivity contribution in [1.82, 2.24) is 5.32 Å². The topological polar surface area (TPSA) is 12.0 Å². The predicted octanol–water partition coefficient (Wildman–Crippen LogP) is 3.03. The molecule has 2 saturated carbocycles. The van der Waals surface area contributed by atoms with Gasteiger partial charge in [0.1, 0.15) is 0 Å². The van der Waals surface area contributed by atoms with Crippen molar-refractivity contribution in [3.05, 3.63) is 35.4 Å². The van der Waals surface area contributed by atoms with Gasteiger partial charge in [-0.05, 0) is 54.1 Å². The first-order valence-corrected chi connectivity index (χ1v) is 6.65. The van der Waals surface area contributed by atoms with Crippen molar-refractivity contribution in [2.45, 2.75) is 37.5 Å². The quantitative estimate of drug-likeness (QED) is 0.796. The van der Waals surface area contributed by atoms with Crippen molar-refractivity contribution in [2.24, 2.45) is 5.41 Å². The average molecular weight is 213 g/mol. The summed E-state index contributed by atoms with van der Waals surface area (Å²) in [4.78, 5) is 0. The number of benzene rings is 1. The average Bonchev–Trinajstić information content (AvgIpc) is 2.96. The molecule has 1 aromatic carbocycles. The van der Waals surface area contributed by atoms with E-state index in [-0.39, 0.29) is 0 Å². The van der Waals surface area contributed by atoms with Crippen LogP contribution in [0.4, 0.5) is 0 Å². The predicted molar refractivity (Wildman–Crippen MR) is 65.7 cm³/mol. The van der Waals surface area contributed by atoms with Gasteiger partial charge < -0.3 is 5.32 Å². The lowest BCUT2D eigenvalue weighted by atomic mass is 9.57. The fourth-order valence-electron chi connectivity index (χ4n) is 3.47. The summed E-state index contributed by atoms with van der Waals surface area (Å²) in [5, 5.41) is 3.42. The van der Waals surface area contributed by atoms with E-state index in [1.165, 1.54) is 38.8 Å². The van der Waals surface area contributed by atoms with E-state index in [4.69, 9.17) is 0 Å². The molecule has 1 saturated heterocycles. The molecular weight excluding hydrogens is 194 g/mol. The summed E-state index contributed by atoms with van der Waals surface area (Å²) in [6.07, 6.45) is 5.69. The van der Waals surface area contributed by atoms with Crippen molar-refractivity contribution in [2.75, 3.05) is 13.1 Å². The largest absolute Gasteiger partial charge is 0.316 e. The summed E-state index contributed by atoms with van der Waals surface area (Å²) in [5.74, 6) is 1.76. The van der Waals surface area contributed by atoms with Gasteiger partial charge in [0, 0.05) is 13.1 Å². The summed E-state index contributed by atoms with van der Waals surface area (Å²) in [5.41, 5.74) is 3.92. The molecule has 1 heteroatoms. The van der Waals surface area contributed by atoms with Crippen molar-refractivity contribution >= 4 is 0 Å². The highest BCUT2D eigenvalue weighted by Gasteiger charge is 2.48. The van der Waals surface area contributed by atoms with Crippen LogP contribution in [-0.4, -0.2) is 13.1 Å². The summed E-state index contributed by atoms with van der Waals surface area (Å²) < 4.78 is 0. The Labute approximate surface area is 97.2 Å². The van der Waals surface area contributed by atoms with Gasteiger partial charge >= 0.3 is 0 Å². The van der Waals surface area contributed by atoms with Gasteiger partial charge in [0.2, 0.25) is 0 Å². The van der Waals surface area contributed by atoms with Crippen molar-refractivity contribution < 1.29 is 0 Å². The van der Waals surface area contributed by atoms with E-state index in [0.717, 1.165) is 11.8 Å². The monoisotopic (exact) mass is 213 g/mol. The Morgan fingerprint density at radius 2 is 1.69 bits per heavy atom. The Morgan fingerprint density at radius 1 is 1.00 bits per heavy atom. The third kappa shape index (κ3) is 1.34. The van der Waals surface area contributed by atoms with Gasteiger partial charge in [0.25, 0.3) is 0 Å². The van der Waals surface area contributed by atoms with Crippen LogP contribution in [0.25, 0.3) is 0 Å². The molecule has 1 aliphatic heterocycles. The highest BCUT2D eigenvalue weighted by atomic mass is 15.0. The molecule has 1 heterocycles. The first-order valence-electron chi connectivity index (χ1n) is 6.65. The molecular formula is C15H19N. The molecule has 84 valence electrons. The van der Waals surface area contributed by atoms with E-state index in [9.17, 15) is 0 Å². The molecule has 2 aliphatic carbocycles. The molecule has 0 atom stereocenters. The van der Waals surface area contributed by atoms with E-state index in [1.807, 2.05) is 0 Å². The minimum Gasteiger partial charge on any atom is -0.316 e. The normalized spacial score (nSPS) is 27.5. The molecule has 0 radical (unpaired) electrons. The summed E-state index contributed by atoms with van der Waals surface area (Å²) >= 11 is 0. The van der Waals surface area contributed by atoms with E-state index < -0.39 is 0 Å². The molecule has 3 fully saturated rings. The van der Waals surface area contributed by atoms with Gasteiger partial charge in [0.05, 0.1) is 0 Å². The maximum Gasteiger partial charge on any atom is 0.00207 e. The van der Waals surface area contributed by atoms with Gasteiger partial charge in [-0.1, -0.05) is 24.3 Å². The van der Waals surface area contributed by atoms with Gasteiger partial charge in [-0.3, -0.25) is 0 Å².